The summed E-state index contributed by atoms with van der Waals surface area (Å²) in [4.78, 5) is 18.2. The molecule has 0 atom stereocenters. The summed E-state index contributed by atoms with van der Waals surface area (Å²) < 4.78 is 1.43. The van der Waals surface area contributed by atoms with Gasteiger partial charge in [0.05, 0.1) is 17.3 Å². The number of rotatable bonds is 1. The Morgan fingerprint density at radius 3 is 2.74 bits per heavy atom. The minimum absolute atomic E-state index is 0.148. The van der Waals surface area contributed by atoms with E-state index in [1.165, 1.54) is 4.52 Å². The standard InChI is InChI=1S/C12H7N5OS/c13-6-7-1-3-8(4-2-7)9-5-10-14-11(19)15-12(18)17(10)16-9/h1-5,16H,(H,15,18,19). The molecule has 6 nitrogen and oxygen atoms in total. The number of aromatic nitrogens is 4. The first-order chi connectivity index (χ1) is 9.17. The van der Waals surface area contributed by atoms with E-state index in [0.717, 1.165) is 11.3 Å². The van der Waals surface area contributed by atoms with E-state index in [2.05, 4.69) is 21.1 Å². The van der Waals surface area contributed by atoms with E-state index in [1.807, 2.05) is 0 Å². The number of fused-ring (bicyclic) bond motifs is 1. The fourth-order valence-electron chi connectivity index (χ4n) is 1.79. The molecule has 0 amide bonds. The van der Waals surface area contributed by atoms with Crippen LogP contribution in [0.1, 0.15) is 5.56 Å². The first-order valence-electron chi connectivity index (χ1n) is 5.40. The summed E-state index contributed by atoms with van der Waals surface area (Å²) in [6.45, 7) is 0. The molecule has 2 aromatic heterocycles. The zero-order valence-electron chi connectivity index (χ0n) is 9.54. The Morgan fingerprint density at radius 1 is 1.32 bits per heavy atom. The van der Waals surface area contributed by atoms with E-state index in [9.17, 15) is 4.79 Å². The molecule has 3 aromatic rings. The molecule has 1 aromatic carbocycles. The largest absolute Gasteiger partial charge is 0.348 e. The number of nitrogens with zero attached hydrogens (tertiary/aromatic N) is 3. The SMILES string of the molecule is N#Cc1ccc(-c2cc3nc(=S)[nH]c(=O)n3[nH]2)cc1. The van der Waals surface area contributed by atoms with Crippen molar-refractivity contribution in [3.8, 4) is 17.3 Å². The second-order valence-corrected chi connectivity index (χ2v) is 4.29. The van der Waals surface area contributed by atoms with Gasteiger partial charge in [-0.3, -0.25) is 10.1 Å². The van der Waals surface area contributed by atoms with E-state index >= 15 is 0 Å². The Kier molecular flexibility index (Phi) is 2.51. The smallest absolute Gasteiger partial charge is 0.288 e. The third kappa shape index (κ3) is 1.94. The van der Waals surface area contributed by atoms with E-state index in [1.54, 1.807) is 30.3 Å². The van der Waals surface area contributed by atoms with Gasteiger partial charge in [0.2, 0.25) is 4.77 Å². The van der Waals surface area contributed by atoms with Crippen LogP contribution in [0.5, 0.6) is 0 Å². The normalized spacial score (nSPS) is 10.5. The summed E-state index contributed by atoms with van der Waals surface area (Å²) in [5.41, 5.74) is 2.25. The maximum Gasteiger partial charge on any atom is 0.348 e. The van der Waals surface area contributed by atoms with Crippen LogP contribution in [0.25, 0.3) is 16.9 Å². The number of hydrogen-bond donors (Lipinski definition) is 2. The summed E-state index contributed by atoms with van der Waals surface area (Å²) in [6.07, 6.45) is 0. The van der Waals surface area contributed by atoms with E-state index in [-0.39, 0.29) is 10.5 Å². The van der Waals surface area contributed by atoms with E-state index in [4.69, 9.17) is 17.5 Å². The monoisotopic (exact) mass is 269 g/mol. The summed E-state index contributed by atoms with van der Waals surface area (Å²) >= 11 is 4.86. The van der Waals surface area contributed by atoms with Crippen molar-refractivity contribution in [2.75, 3.05) is 0 Å². The molecule has 0 aliphatic carbocycles. The van der Waals surface area contributed by atoms with Crippen LogP contribution in [0, 0.1) is 16.1 Å². The number of hydrogen-bond acceptors (Lipinski definition) is 4. The lowest BCUT2D eigenvalue weighted by molar-refractivity contribution is 0.836. The predicted octanol–water partition coefficient (Wildman–Crippen LogP) is 1.62. The second-order valence-electron chi connectivity index (χ2n) is 3.90. The fourth-order valence-corrected chi connectivity index (χ4v) is 1.97. The average Bonchev–Trinajstić information content (AvgIpc) is 2.83. The molecular formula is C12H7N5OS. The summed E-state index contributed by atoms with van der Waals surface area (Å²) in [7, 11) is 0. The molecule has 0 saturated carbocycles. The third-order valence-corrected chi connectivity index (χ3v) is 2.89. The molecule has 0 saturated heterocycles. The van der Waals surface area contributed by atoms with Crippen LogP contribution < -0.4 is 5.69 Å². The molecule has 0 radical (unpaired) electrons. The van der Waals surface area contributed by atoms with Crippen LogP contribution in [0.4, 0.5) is 0 Å². The lowest BCUT2D eigenvalue weighted by Gasteiger charge is -1.96. The Morgan fingerprint density at radius 2 is 2.05 bits per heavy atom. The van der Waals surface area contributed by atoms with Crippen LogP contribution in [0.15, 0.2) is 35.1 Å². The molecule has 2 heterocycles. The van der Waals surface area contributed by atoms with Crippen molar-refractivity contribution in [1.29, 1.82) is 5.26 Å². The molecule has 19 heavy (non-hydrogen) atoms. The number of nitrogens with one attached hydrogen (secondary N) is 2. The zero-order valence-corrected chi connectivity index (χ0v) is 10.4. The first-order valence-corrected chi connectivity index (χ1v) is 5.81. The molecule has 0 unspecified atom stereocenters. The molecular weight excluding hydrogens is 262 g/mol. The Bertz CT molecular complexity index is 910. The highest BCUT2D eigenvalue weighted by Crippen LogP contribution is 2.18. The molecule has 3 rings (SSSR count). The van der Waals surface area contributed by atoms with Crippen molar-refractivity contribution in [3.63, 3.8) is 0 Å². The highest BCUT2D eigenvalue weighted by Gasteiger charge is 2.06. The molecule has 0 fully saturated rings. The average molecular weight is 269 g/mol. The highest BCUT2D eigenvalue weighted by atomic mass is 32.1. The minimum Gasteiger partial charge on any atom is -0.288 e. The van der Waals surface area contributed by atoms with Gasteiger partial charge in [-0.05, 0) is 29.9 Å². The van der Waals surface area contributed by atoms with Crippen molar-refractivity contribution in [1.82, 2.24) is 19.6 Å². The van der Waals surface area contributed by atoms with Crippen LogP contribution in [0.2, 0.25) is 0 Å². The Balaban J connectivity index is 2.20. The van der Waals surface area contributed by atoms with E-state index in [0.29, 0.717) is 11.2 Å². The van der Waals surface area contributed by atoms with Gasteiger partial charge in [0.1, 0.15) is 0 Å². The summed E-state index contributed by atoms with van der Waals surface area (Å²) in [5, 5.41) is 11.7. The zero-order chi connectivity index (χ0) is 13.4. The van der Waals surface area contributed by atoms with Crippen LogP contribution >= 0.6 is 12.2 Å². The van der Waals surface area contributed by atoms with Crippen molar-refractivity contribution >= 4 is 17.9 Å². The molecule has 7 heteroatoms. The first kappa shape index (κ1) is 11.4. The maximum atomic E-state index is 11.7. The van der Waals surface area contributed by atoms with Crippen molar-refractivity contribution < 1.29 is 0 Å². The van der Waals surface area contributed by atoms with Gasteiger partial charge in [-0.2, -0.15) is 9.78 Å². The van der Waals surface area contributed by atoms with Gasteiger partial charge in [-0.25, -0.2) is 9.78 Å². The molecule has 92 valence electrons. The topological polar surface area (TPSA) is 89.7 Å². The predicted molar refractivity (Wildman–Crippen MR) is 71.1 cm³/mol. The van der Waals surface area contributed by atoms with Gasteiger partial charge in [-0.1, -0.05) is 12.1 Å². The fraction of sp³-hybridized carbons (Fsp3) is 0. The highest BCUT2D eigenvalue weighted by molar-refractivity contribution is 7.71. The van der Waals surface area contributed by atoms with Crippen LogP contribution in [0.3, 0.4) is 0 Å². The summed E-state index contributed by atoms with van der Waals surface area (Å²) in [6, 6.07) is 10.8. The maximum absolute atomic E-state index is 11.7. The van der Waals surface area contributed by atoms with Crippen molar-refractivity contribution in [3.05, 3.63) is 51.2 Å². The van der Waals surface area contributed by atoms with E-state index < -0.39 is 0 Å². The van der Waals surface area contributed by atoms with Crippen molar-refractivity contribution in [2.45, 2.75) is 0 Å². The lowest BCUT2D eigenvalue weighted by atomic mass is 10.1. The van der Waals surface area contributed by atoms with Gasteiger partial charge >= 0.3 is 5.69 Å². The number of H-pyrrole nitrogens is 2. The molecule has 0 spiro atoms. The molecule has 0 aliphatic rings. The number of aromatic amines is 2. The van der Waals surface area contributed by atoms with Gasteiger partial charge in [0, 0.05) is 6.07 Å². The Labute approximate surface area is 112 Å². The quantitative estimate of drug-likeness (QED) is 0.657. The number of nitriles is 1. The van der Waals surface area contributed by atoms with Gasteiger partial charge < -0.3 is 0 Å². The van der Waals surface area contributed by atoms with Gasteiger partial charge in [0.15, 0.2) is 5.65 Å². The van der Waals surface area contributed by atoms with Gasteiger partial charge in [0.25, 0.3) is 0 Å². The van der Waals surface area contributed by atoms with Crippen molar-refractivity contribution in [2.24, 2.45) is 0 Å². The third-order valence-electron chi connectivity index (χ3n) is 2.69. The lowest BCUT2D eigenvalue weighted by Crippen LogP contribution is -2.18. The second kappa shape index (κ2) is 4.19. The van der Waals surface area contributed by atoms with Crippen LogP contribution in [-0.2, 0) is 0 Å². The molecule has 0 bridgehead atoms. The van der Waals surface area contributed by atoms with Crippen LogP contribution in [-0.4, -0.2) is 19.6 Å². The molecule has 0 aliphatic heterocycles. The minimum atomic E-state index is -0.366. The van der Waals surface area contributed by atoms with Gasteiger partial charge in [-0.15, -0.1) is 0 Å². The summed E-state index contributed by atoms with van der Waals surface area (Å²) in [5.74, 6) is 0. The number of benzene rings is 1. The molecule has 2 N–H and O–H groups in total. The Hall–Kier alpha value is -2.72.